The molecule has 1 fully saturated rings. The van der Waals surface area contributed by atoms with Crippen molar-refractivity contribution in [2.75, 3.05) is 26.4 Å². The summed E-state index contributed by atoms with van der Waals surface area (Å²) >= 11 is 0. The van der Waals surface area contributed by atoms with E-state index in [-0.39, 0.29) is 5.25 Å². The first-order valence-corrected chi connectivity index (χ1v) is 5.42. The molecule has 0 spiro atoms. The lowest BCUT2D eigenvalue weighted by Crippen LogP contribution is -2.21. The monoisotopic (exact) mass is 165 g/mol. The summed E-state index contributed by atoms with van der Waals surface area (Å²) in [5, 5.41) is 0.109. The van der Waals surface area contributed by atoms with Crippen molar-refractivity contribution in [3.8, 4) is 0 Å². The zero-order valence-electron chi connectivity index (χ0n) is 6.45. The van der Waals surface area contributed by atoms with Crippen LogP contribution in [0.1, 0.15) is 6.42 Å². The predicted molar refractivity (Wildman–Crippen MR) is 44.7 cm³/mol. The van der Waals surface area contributed by atoms with Crippen molar-refractivity contribution in [2.45, 2.75) is 11.7 Å². The standard InChI is InChI=1S/C6H15NO2S/c1-7-4-3-6(5-7)10(2,8)9/h6,8-9H,3-5H2,1-2H3. The Morgan fingerprint density at radius 1 is 1.50 bits per heavy atom. The summed E-state index contributed by atoms with van der Waals surface area (Å²) in [6.07, 6.45) is 2.46. The van der Waals surface area contributed by atoms with Gasteiger partial charge in [-0.3, -0.25) is 9.11 Å². The van der Waals surface area contributed by atoms with Crippen LogP contribution in [-0.4, -0.2) is 45.6 Å². The SMILES string of the molecule is CN1CCC(S(C)(O)O)C1. The van der Waals surface area contributed by atoms with Crippen LogP contribution < -0.4 is 0 Å². The normalized spacial score (nSPS) is 31.0. The third-order valence-electron chi connectivity index (χ3n) is 1.98. The van der Waals surface area contributed by atoms with E-state index in [0.29, 0.717) is 0 Å². The molecule has 1 aliphatic rings. The average molecular weight is 165 g/mol. The van der Waals surface area contributed by atoms with Crippen molar-refractivity contribution < 1.29 is 9.11 Å². The highest BCUT2D eigenvalue weighted by molar-refractivity contribution is 8.24. The van der Waals surface area contributed by atoms with E-state index in [0.717, 1.165) is 19.5 Å². The van der Waals surface area contributed by atoms with Gasteiger partial charge in [0.2, 0.25) is 0 Å². The van der Waals surface area contributed by atoms with Crippen LogP contribution in [0.25, 0.3) is 0 Å². The summed E-state index contributed by atoms with van der Waals surface area (Å²) in [6, 6.07) is 0. The molecule has 62 valence electrons. The first-order chi connectivity index (χ1) is 4.50. The first kappa shape index (κ1) is 8.33. The maximum Gasteiger partial charge on any atom is 0.0621 e. The van der Waals surface area contributed by atoms with Gasteiger partial charge in [-0.15, -0.1) is 0 Å². The van der Waals surface area contributed by atoms with E-state index >= 15 is 0 Å². The smallest absolute Gasteiger partial charge is 0.0621 e. The van der Waals surface area contributed by atoms with E-state index in [1.807, 2.05) is 7.05 Å². The maximum absolute atomic E-state index is 9.25. The molecule has 4 heteroatoms. The van der Waals surface area contributed by atoms with Gasteiger partial charge in [0.1, 0.15) is 0 Å². The minimum absolute atomic E-state index is 0.109. The average Bonchev–Trinajstić information content (AvgIpc) is 2.11. The number of likely N-dealkylation sites (tertiary alicyclic amines) is 1. The lowest BCUT2D eigenvalue weighted by molar-refractivity contribution is 0.412. The molecule has 1 rings (SSSR count). The van der Waals surface area contributed by atoms with Crippen LogP contribution >= 0.6 is 10.6 Å². The molecule has 1 aliphatic heterocycles. The molecule has 0 aromatic heterocycles. The lowest BCUT2D eigenvalue weighted by atomic mass is 10.4. The van der Waals surface area contributed by atoms with Crippen molar-refractivity contribution in [2.24, 2.45) is 0 Å². The van der Waals surface area contributed by atoms with Gasteiger partial charge in [-0.05, 0) is 20.0 Å². The zero-order chi connectivity index (χ0) is 7.78. The number of nitrogens with zero attached hydrogens (tertiary/aromatic N) is 1. The molecule has 1 saturated heterocycles. The van der Waals surface area contributed by atoms with Crippen molar-refractivity contribution in [3.63, 3.8) is 0 Å². The van der Waals surface area contributed by atoms with Crippen molar-refractivity contribution in [1.82, 2.24) is 4.90 Å². The minimum atomic E-state index is -2.28. The summed E-state index contributed by atoms with van der Waals surface area (Å²) in [7, 11) is -0.272. The van der Waals surface area contributed by atoms with Crippen LogP contribution in [0.5, 0.6) is 0 Å². The van der Waals surface area contributed by atoms with Crippen LogP contribution in [0.4, 0.5) is 0 Å². The van der Waals surface area contributed by atoms with Gasteiger partial charge in [0, 0.05) is 12.8 Å². The summed E-state index contributed by atoms with van der Waals surface area (Å²) in [5.74, 6) is 0. The molecule has 0 radical (unpaired) electrons. The Hall–Kier alpha value is 0.230. The van der Waals surface area contributed by atoms with Gasteiger partial charge in [-0.1, -0.05) is 0 Å². The molecular formula is C6H15NO2S. The van der Waals surface area contributed by atoms with Gasteiger partial charge < -0.3 is 4.90 Å². The fourth-order valence-corrected chi connectivity index (χ4v) is 2.35. The first-order valence-electron chi connectivity index (χ1n) is 3.41. The summed E-state index contributed by atoms with van der Waals surface area (Å²) in [6.45, 7) is 1.83. The van der Waals surface area contributed by atoms with Gasteiger partial charge in [0.25, 0.3) is 0 Å². The molecule has 1 atom stereocenters. The quantitative estimate of drug-likeness (QED) is 0.611. The minimum Gasteiger partial charge on any atom is -0.304 e. The topological polar surface area (TPSA) is 43.7 Å². The van der Waals surface area contributed by atoms with Crippen molar-refractivity contribution in [3.05, 3.63) is 0 Å². The largest absolute Gasteiger partial charge is 0.304 e. The molecule has 10 heavy (non-hydrogen) atoms. The second kappa shape index (κ2) is 2.70. The van der Waals surface area contributed by atoms with Gasteiger partial charge >= 0.3 is 0 Å². The van der Waals surface area contributed by atoms with Gasteiger partial charge in [-0.2, -0.15) is 10.6 Å². The van der Waals surface area contributed by atoms with Gasteiger partial charge in [-0.25, -0.2) is 0 Å². The number of hydrogen-bond acceptors (Lipinski definition) is 3. The van der Waals surface area contributed by atoms with E-state index in [4.69, 9.17) is 0 Å². The van der Waals surface area contributed by atoms with Crippen LogP contribution in [0.3, 0.4) is 0 Å². The van der Waals surface area contributed by atoms with Crippen LogP contribution in [0.2, 0.25) is 0 Å². The molecular weight excluding hydrogens is 150 g/mol. The molecule has 0 aliphatic carbocycles. The lowest BCUT2D eigenvalue weighted by Gasteiger charge is -2.33. The molecule has 0 saturated carbocycles. The van der Waals surface area contributed by atoms with E-state index in [9.17, 15) is 9.11 Å². The van der Waals surface area contributed by atoms with Gasteiger partial charge in [0.05, 0.1) is 5.25 Å². The van der Waals surface area contributed by atoms with E-state index < -0.39 is 10.6 Å². The second-order valence-electron chi connectivity index (χ2n) is 3.07. The van der Waals surface area contributed by atoms with E-state index in [1.54, 1.807) is 0 Å². The molecule has 0 aromatic carbocycles. The summed E-state index contributed by atoms with van der Waals surface area (Å²) in [5.41, 5.74) is 0. The van der Waals surface area contributed by atoms with Crippen molar-refractivity contribution >= 4 is 10.6 Å². The second-order valence-corrected chi connectivity index (χ2v) is 5.52. The Morgan fingerprint density at radius 3 is 2.30 bits per heavy atom. The number of rotatable bonds is 1. The molecule has 3 nitrogen and oxygen atoms in total. The third-order valence-corrected chi connectivity index (χ3v) is 3.63. The Labute approximate surface area is 63.4 Å². The molecule has 2 N–H and O–H groups in total. The fraction of sp³-hybridized carbons (Fsp3) is 1.00. The molecule has 1 heterocycles. The molecule has 0 bridgehead atoms. The Kier molecular flexibility index (Phi) is 2.24. The highest BCUT2D eigenvalue weighted by Gasteiger charge is 2.27. The molecule has 0 aromatic rings. The Balaban J connectivity index is 2.45. The van der Waals surface area contributed by atoms with E-state index in [1.165, 1.54) is 6.26 Å². The third kappa shape index (κ3) is 1.85. The Morgan fingerprint density at radius 2 is 2.10 bits per heavy atom. The van der Waals surface area contributed by atoms with E-state index in [2.05, 4.69) is 4.90 Å². The fourth-order valence-electron chi connectivity index (χ4n) is 1.26. The predicted octanol–water partition coefficient (Wildman–Crippen LogP) is 1.07. The van der Waals surface area contributed by atoms with Crippen LogP contribution in [-0.2, 0) is 0 Å². The highest BCUT2D eigenvalue weighted by Crippen LogP contribution is 2.43. The Bertz CT molecular complexity index is 123. The number of hydrogen-bond donors (Lipinski definition) is 2. The van der Waals surface area contributed by atoms with Crippen molar-refractivity contribution in [1.29, 1.82) is 0 Å². The highest BCUT2D eigenvalue weighted by atomic mass is 32.3. The molecule has 0 amide bonds. The van der Waals surface area contributed by atoms with Crippen LogP contribution in [0.15, 0.2) is 0 Å². The molecule has 1 unspecified atom stereocenters. The zero-order valence-corrected chi connectivity index (χ0v) is 7.27. The van der Waals surface area contributed by atoms with Gasteiger partial charge in [0.15, 0.2) is 0 Å². The summed E-state index contributed by atoms with van der Waals surface area (Å²) in [4.78, 5) is 2.13. The maximum atomic E-state index is 9.25. The summed E-state index contributed by atoms with van der Waals surface area (Å²) < 4.78 is 18.5. The van der Waals surface area contributed by atoms with Crippen LogP contribution in [0, 0.1) is 0 Å².